The normalized spacial score (nSPS) is 17.6. The molecule has 18 heavy (non-hydrogen) atoms. The molecule has 0 bridgehead atoms. The molecule has 1 aromatic heterocycles. The van der Waals surface area contributed by atoms with Crippen LogP contribution in [0.2, 0.25) is 0 Å². The molecule has 1 aliphatic heterocycles. The molecule has 0 saturated heterocycles. The third kappa shape index (κ3) is 2.26. The summed E-state index contributed by atoms with van der Waals surface area (Å²) in [7, 11) is 1.65. The van der Waals surface area contributed by atoms with Gasteiger partial charge in [-0.2, -0.15) is 0 Å². The van der Waals surface area contributed by atoms with E-state index in [1.165, 1.54) is 0 Å². The Labute approximate surface area is 106 Å². The number of rotatable bonds is 3. The minimum Gasteiger partial charge on any atom is -0.380 e. The predicted octanol–water partition coefficient (Wildman–Crippen LogP) is 1.19. The van der Waals surface area contributed by atoms with E-state index in [0.717, 1.165) is 11.1 Å². The van der Waals surface area contributed by atoms with Crippen LogP contribution >= 0.6 is 0 Å². The van der Waals surface area contributed by atoms with Crippen molar-refractivity contribution in [3.8, 4) is 0 Å². The maximum Gasteiger partial charge on any atom is 0.252 e. The fraction of sp³-hybridized carbons (Fsp3) is 0.462. The Bertz CT molecular complexity index is 521. The average Bonchev–Trinajstić information content (AvgIpc) is 2.54. The Morgan fingerprint density at radius 3 is 2.67 bits per heavy atom. The van der Waals surface area contributed by atoms with Gasteiger partial charge in [0.05, 0.1) is 6.61 Å². The molecule has 0 saturated carbocycles. The lowest BCUT2D eigenvalue weighted by atomic mass is 10.1. The largest absolute Gasteiger partial charge is 0.380 e. The number of hydrogen-bond acceptors (Lipinski definition) is 4. The smallest absolute Gasteiger partial charge is 0.252 e. The van der Waals surface area contributed by atoms with Gasteiger partial charge in [-0.05, 0) is 38.0 Å². The summed E-state index contributed by atoms with van der Waals surface area (Å²) in [6.45, 7) is 6.04. The average molecular weight is 247 g/mol. The van der Waals surface area contributed by atoms with E-state index in [-0.39, 0.29) is 5.91 Å². The molecule has 0 aromatic carbocycles. The lowest BCUT2D eigenvalue weighted by Gasteiger charge is -2.07. The van der Waals surface area contributed by atoms with Gasteiger partial charge in [0.1, 0.15) is 11.2 Å². The van der Waals surface area contributed by atoms with Crippen molar-refractivity contribution in [1.29, 1.82) is 0 Å². The highest BCUT2D eigenvalue weighted by Crippen LogP contribution is 2.19. The van der Waals surface area contributed by atoms with Crippen LogP contribution in [0.15, 0.2) is 17.3 Å². The van der Waals surface area contributed by atoms with Crippen molar-refractivity contribution >= 4 is 11.7 Å². The van der Waals surface area contributed by atoms with Gasteiger partial charge in [0.2, 0.25) is 0 Å². The van der Waals surface area contributed by atoms with Crippen molar-refractivity contribution in [3.63, 3.8) is 0 Å². The van der Waals surface area contributed by atoms with Crippen LogP contribution in [0.4, 0.5) is 0 Å². The summed E-state index contributed by atoms with van der Waals surface area (Å²) < 4.78 is 5.06. The number of hydrogen-bond donors (Lipinski definition) is 1. The second-order valence-electron chi connectivity index (χ2n) is 4.92. The van der Waals surface area contributed by atoms with E-state index in [0.29, 0.717) is 18.1 Å². The van der Waals surface area contributed by atoms with E-state index in [1.807, 2.05) is 13.0 Å². The number of amidine groups is 1. The predicted molar refractivity (Wildman–Crippen MR) is 68.4 cm³/mol. The third-order valence-corrected chi connectivity index (χ3v) is 2.85. The number of aliphatic imine (C=N–C) groups is 1. The van der Waals surface area contributed by atoms with E-state index < -0.39 is 5.54 Å². The molecule has 1 N–H and O–H groups in total. The standard InChI is InChI=1S/C13H17N3O2/c1-8-5-9(7-18-4)6-14-10(8)11-15-12(17)13(2,3)16-11/h5-6H,7H2,1-4H3,(H,15,16,17). The third-order valence-electron chi connectivity index (χ3n) is 2.85. The molecule has 2 rings (SSSR count). The molecular weight excluding hydrogens is 230 g/mol. The Hall–Kier alpha value is -1.75. The molecule has 0 spiro atoms. The summed E-state index contributed by atoms with van der Waals surface area (Å²) in [6.07, 6.45) is 1.74. The summed E-state index contributed by atoms with van der Waals surface area (Å²) in [5, 5.41) is 2.77. The van der Waals surface area contributed by atoms with Gasteiger partial charge in [0, 0.05) is 13.3 Å². The van der Waals surface area contributed by atoms with Crippen molar-refractivity contribution in [3.05, 3.63) is 29.1 Å². The lowest BCUT2D eigenvalue weighted by Crippen LogP contribution is -2.35. The van der Waals surface area contributed by atoms with E-state index in [1.54, 1.807) is 27.2 Å². The number of aryl methyl sites for hydroxylation is 1. The van der Waals surface area contributed by atoms with Crippen LogP contribution in [-0.2, 0) is 16.1 Å². The first-order valence-corrected chi connectivity index (χ1v) is 5.80. The van der Waals surface area contributed by atoms with Gasteiger partial charge >= 0.3 is 0 Å². The van der Waals surface area contributed by atoms with Gasteiger partial charge < -0.3 is 10.1 Å². The zero-order valence-electron chi connectivity index (χ0n) is 11.1. The first-order valence-electron chi connectivity index (χ1n) is 5.80. The van der Waals surface area contributed by atoms with Crippen LogP contribution in [0.3, 0.4) is 0 Å². The maximum absolute atomic E-state index is 11.7. The van der Waals surface area contributed by atoms with Gasteiger partial charge in [-0.15, -0.1) is 0 Å². The van der Waals surface area contributed by atoms with Crippen molar-refractivity contribution in [1.82, 2.24) is 10.3 Å². The lowest BCUT2D eigenvalue weighted by molar-refractivity contribution is -0.122. The van der Waals surface area contributed by atoms with Crippen LogP contribution in [0.5, 0.6) is 0 Å². The topological polar surface area (TPSA) is 63.6 Å². The monoisotopic (exact) mass is 247 g/mol. The Morgan fingerprint density at radius 2 is 2.17 bits per heavy atom. The van der Waals surface area contributed by atoms with E-state index in [4.69, 9.17) is 4.74 Å². The van der Waals surface area contributed by atoms with E-state index >= 15 is 0 Å². The number of carbonyl (C=O) groups is 1. The molecular formula is C13H17N3O2. The van der Waals surface area contributed by atoms with Crippen molar-refractivity contribution in [2.24, 2.45) is 4.99 Å². The number of ether oxygens (including phenoxy) is 1. The quantitative estimate of drug-likeness (QED) is 0.872. The molecule has 1 amide bonds. The molecule has 5 heteroatoms. The summed E-state index contributed by atoms with van der Waals surface area (Å²) in [5.41, 5.74) is 1.98. The highest BCUT2D eigenvalue weighted by atomic mass is 16.5. The van der Waals surface area contributed by atoms with Gasteiger partial charge in [0.15, 0.2) is 5.84 Å². The molecule has 0 radical (unpaired) electrons. The Balaban J connectivity index is 2.33. The summed E-state index contributed by atoms with van der Waals surface area (Å²) in [4.78, 5) is 20.4. The van der Waals surface area contributed by atoms with Crippen LogP contribution in [0.25, 0.3) is 0 Å². The number of aromatic nitrogens is 1. The second kappa shape index (κ2) is 4.49. The zero-order valence-corrected chi connectivity index (χ0v) is 11.1. The van der Waals surface area contributed by atoms with Crippen molar-refractivity contribution in [2.45, 2.75) is 32.9 Å². The number of methoxy groups -OCH3 is 1. The fourth-order valence-electron chi connectivity index (χ4n) is 1.86. The summed E-state index contributed by atoms with van der Waals surface area (Å²) >= 11 is 0. The van der Waals surface area contributed by atoms with Crippen molar-refractivity contribution < 1.29 is 9.53 Å². The van der Waals surface area contributed by atoms with Crippen LogP contribution < -0.4 is 5.32 Å². The molecule has 1 aromatic rings. The number of carbonyl (C=O) groups excluding carboxylic acids is 1. The van der Waals surface area contributed by atoms with Crippen molar-refractivity contribution in [2.75, 3.05) is 7.11 Å². The summed E-state index contributed by atoms with van der Waals surface area (Å²) in [6, 6.07) is 1.99. The van der Waals surface area contributed by atoms with Crippen LogP contribution in [-0.4, -0.2) is 29.4 Å². The number of nitrogens with one attached hydrogen (secondary N) is 1. The van der Waals surface area contributed by atoms with E-state index in [2.05, 4.69) is 15.3 Å². The Kier molecular flexibility index (Phi) is 3.17. The molecule has 0 aliphatic carbocycles. The molecule has 5 nitrogen and oxygen atoms in total. The summed E-state index contributed by atoms with van der Waals surface area (Å²) in [5.74, 6) is 0.450. The Morgan fingerprint density at radius 1 is 1.44 bits per heavy atom. The molecule has 2 heterocycles. The molecule has 1 aliphatic rings. The van der Waals surface area contributed by atoms with Gasteiger partial charge in [0.25, 0.3) is 5.91 Å². The van der Waals surface area contributed by atoms with Gasteiger partial charge in [-0.25, -0.2) is 0 Å². The second-order valence-corrected chi connectivity index (χ2v) is 4.92. The highest BCUT2D eigenvalue weighted by molar-refractivity contribution is 6.14. The number of nitrogens with zero attached hydrogens (tertiary/aromatic N) is 2. The number of pyridine rings is 1. The minimum atomic E-state index is -0.714. The van der Waals surface area contributed by atoms with Crippen LogP contribution in [0.1, 0.15) is 30.7 Å². The minimum absolute atomic E-state index is 0.0975. The first kappa shape index (κ1) is 12.7. The SMILES string of the molecule is COCc1cnc(C2=NC(C)(C)C(=O)N2)c(C)c1. The highest BCUT2D eigenvalue weighted by Gasteiger charge is 2.35. The molecule has 96 valence electrons. The maximum atomic E-state index is 11.7. The van der Waals surface area contributed by atoms with Gasteiger partial charge in [-0.3, -0.25) is 14.8 Å². The molecule has 0 atom stereocenters. The first-order chi connectivity index (χ1) is 8.44. The number of amides is 1. The fourth-order valence-corrected chi connectivity index (χ4v) is 1.86. The van der Waals surface area contributed by atoms with Crippen LogP contribution in [0, 0.1) is 6.92 Å². The zero-order chi connectivity index (χ0) is 13.3. The molecule has 0 fully saturated rings. The van der Waals surface area contributed by atoms with E-state index in [9.17, 15) is 4.79 Å². The van der Waals surface area contributed by atoms with Gasteiger partial charge in [-0.1, -0.05) is 0 Å². The molecule has 0 unspecified atom stereocenters.